The highest BCUT2D eigenvalue weighted by Crippen LogP contribution is 2.29. The van der Waals surface area contributed by atoms with Crippen molar-refractivity contribution in [1.29, 1.82) is 0 Å². The number of hydrogen-bond donors (Lipinski definition) is 1. The number of aromatic nitrogens is 2. The zero-order valence-corrected chi connectivity index (χ0v) is 17.9. The SMILES string of the molecule is Cc1cc2nc[nH]c2cc1-c1ccc(CN(CC2CCCCC2)OC(=O)C(F)(F)F)cc1. The number of aryl methyl sites for hydroxylation is 1. The van der Waals surface area contributed by atoms with Crippen LogP contribution in [0, 0.1) is 12.8 Å². The number of H-pyrrole nitrogens is 1. The fourth-order valence-electron chi connectivity index (χ4n) is 4.35. The molecule has 1 aromatic heterocycles. The summed E-state index contributed by atoms with van der Waals surface area (Å²) in [6.07, 6.45) is 1.77. The van der Waals surface area contributed by atoms with Crippen LogP contribution >= 0.6 is 0 Å². The van der Waals surface area contributed by atoms with Gasteiger partial charge in [-0.3, -0.25) is 0 Å². The highest BCUT2D eigenvalue weighted by molar-refractivity contribution is 5.83. The van der Waals surface area contributed by atoms with Gasteiger partial charge in [-0.1, -0.05) is 43.5 Å². The van der Waals surface area contributed by atoms with Gasteiger partial charge in [-0.2, -0.15) is 13.2 Å². The van der Waals surface area contributed by atoms with Crippen LogP contribution in [0.25, 0.3) is 22.2 Å². The third kappa shape index (κ3) is 5.30. The van der Waals surface area contributed by atoms with Crippen LogP contribution in [-0.2, 0) is 16.2 Å². The molecular formula is C24H26F3N3O2. The molecule has 32 heavy (non-hydrogen) atoms. The van der Waals surface area contributed by atoms with Gasteiger partial charge in [0.15, 0.2) is 0 Å². The molecule has 0 saturated heterocycles. The molecule has 2 aromatic carbocycles. The van der Waals surface area contributed by atoms with Crippen molar-refractivity contribution < 1.29 is 22.8 Å². The Labute approximate surface area is 184 Å². The number of hydroxylamine groups is 2. The minimum atomic E-state index is -5.02. The van der Waals surface area contributed by atoms with Gasteiger partial charge in [0.05, 0.1) is 23.9 Å². The fourth-order valence-corrected chi connectivity index (χ4v) is 4.35. The summed E-state index contributed by atoms with van der Waals surface area (Å²) in [7, 11) is 0. The maximum absolute atomic E-state index is 12.8. The van der Waals surface area contributed by atoms with Crippen molar-refractivity contribution in [3.8, 4) is 11.1 Å². The van der Waals surface area contributed by atoms with Crippen molar-refractivity contribution in [2.45, 2.75) is 51.7 Å². The maximum Gasteiger partial charge on any atom is 0.492 e. The number of rotatable bonds is 6. The number of aromatic amines is 1. The molecule has 4 rings (SSSR count). The van der Waals surface area contributed by atoms with E-state index in [1.54, 1.807) is 6.33 Å². The van der Waals surface area contributed by atoms with Crippen molar-refractivity contribution >= 4 is 17.0 Å². The second kappa shape index (κ2) is 9.32. The molecule has 1 fully saturated rings. The van der Waals surface area contributed by atoms with Crippen LogP contribution in [0.5, 0.6) is 0 Å². The first-order chi connectivity index (χ1) is 15.3. The Bertz CT molecular complexity index is 1070. The Hall–Kier alpha value is -2.87. The molecule has 1 heterocycles. The number of fused-ring (bicyclic) bond motifs is 1. The number of imidazole rings is 1. The van der Waals surface area contributed by atoms with Gasteiger partial charge < -0.3 is 9.82 Å². The Kier molecular flexibility index (Phi) is 6.50. The number of nitrogens with one attached hydrogen (secondary N) is 1. The molecule has 0 radical (unpaired) electrons. The quantitative estimate of drug-likeness (QED) is 0.477. The smallest absolute Gasteiger partial charge is 0.360 e. The van der Waals surface area contributed by atoms with Gasteiger partial charge in [0.1, 0.15) is 0 Å². The van der Waals surface area contributed by atoms with Crippen LogP contribution in [0.2, 0.25) is 0 Å². The summed E-state index contributed by atoms with van der Waals surface area (Å²) in [5.74, 6) is -1.94. The van der Waals surface area contributed by atoms with E-state index in [-0.39, 0.29) is 12.5 Å². The average molecular weight is 445 g/mol. The van der Waals surface area contributed by atoms with Crippen molar-refractivity contribution in [3.05, 3.63) is 53.9 Å². The summed E-state index contributed by atoms with van der Waals surface area (Å²) in [4.78, 5) is 23.6. The van der Waals surface area contributed by atoms with E-state index in [0.29, 0.717) is 6.54 Å². The van der Waals surface area contributed by atoms with Crippen LogP contribution < -0.4 is 0 Å². The molecule has 0 bridgehead atoms. The van der Waals surface area contributed by atoms with Crippen LogP contribution in [0.15, 0.2) is 42.7 Å². The first-order valence-electron chi connectivity index (χ1n) is 10.9. The normalized spacial score (nSPS) is 15.4. The number of carbonyl (C=O) groups is 1. The first-order valence-corrected chi connectivity index (χ1v) is 10.9. The third-order valence-corrected chi connectivity index (χ3v) is 6.02. The highest BCUT2D eigenvalue weighted by Gasteiger charge is 2.42. The van der Waals surface area contributed by atoms with Gasteiger partial charge in [0, 0.05) is 6.54 Å². The Morgan fingerprint density at radius 1 is 1.16 bits per heavy atom. The number of halogens is 3. The molecule has 0 amide bonds. The minimum absolute atomic E-state index is 0.108. The Morgan fingerprint density at radius 3 is 2.56 bits per heavy atom. The summed E-state index contributed by atoms with van der Waals surface area (Å²) < 4.78 is 38.4. The highest BCUT2D eigenvalue weighted by atomic mass is 19.4. The van der Waals surface area contributed by atoms with E-state index in [4.69, 9.17) is 4.84 Å². The molecule has 0 atom stereocenters. The lowest BCUT2D eigenvalue weighted by atomic mass is 9.89. The third-order valence-electron chi connectivity index (χ3n) is 6.02. The minimum Gasteiger partial charge on any atom is -0.360 e. The molecular weight excluding hydrogens is 419 g/mol. The number of alkyl halides is 3. The van der Waals surface area contributed by atoms with Gasteiger partial charge in [-0.25, -0.2) is 9.78 Å². The summed E-state index contributed by atoms with van der Waals surface area (Å²) >= 11 is 0. The van der Waals surface area contributed by atoms with Gasteiger partial charge in [-0.15, -0.1) is 5.06 Å². The van der Waals surface area contributed by atoms with Crippen molar-refractivity contribution in [3.63, 3.8) is 0 Å². The van der Waals surface area contributed by atoms with E-state index in [9.17, 15) is 18.0 Å². The molecule has 0 aliphatic heterocycles. The second-order valence-electron chi connectivity index (χ2n) is 8.49. The molecule has 3 aromatic rings. The lowest BCUT2D eigenvalue weighted by Gasteiger charge is -2.28. The predicted molar refractivity (Wildman–Crippen MR) is 115 cm³/mol. The number of carbonyl (C=O) groups excluding carboxylic acids is 1. The predicted octanol–water partition coefficient (Wildman–Crippen LogP) is 5.94. The molecule has 170 valence electrons. The van der Waals surface area contributed by atoms with Crippen LogP contribution in [-0.4, -0.2) is 33.7 Å². The van der Waals surface area contributed by atoms with Gasteiger partial charge in [-0.05, 0) is 60.1 Å². The van der Waals surface area contributed by atoms with E-state index in [0.717, 1.165) is 65.4 Å². The molecule has 8 heteroatoms. The summed E-state index contributed by atoms with van der Waals surface area (Å²) in [5.41, 5.74) is 5.74. The molecule has 1 saturated carbocycles. The average Bonchev–Trinajstić information content (AvgIpc) is 3.21. The molecule has 0 spiro atoms. The van der Waals surface area contributed by atoms with E-state index in [2.05, 4.69) is 9.97 Å². The van der Waals surface area contributed by atoms with Gasteiger partial charge >= 0.3 is 12.1 Å². The largest absolute Gasteiger partial charge is 0.492 e. The summed E-state index contributed by atoms with van der Waals surface area (Å²) in [5, 5.41) is 1.17. The van der Waals surface area contributed by atoms with Crippen LogP contribution in [0.3, 0.4) is 0 Å². The van der Waals surface area contributed by atoms with Crippen molar-refractivity contribution in [1.82, 2.24) is 15.0 Å². The van der Waals surface area contributed by atoms with E-state index in [1.165, 1.54) is 5.06 Å². The number of nitrogens with zero attached hydrogens (tertiary/aromatic N) is 2. The van der Waals surface area contributed by atoms with E-state index in [1.807, 2.05) is 43.3 Å². The Balaban J connectivity index is 1.50. The van der Waals surface area contributed by atoms with Gasteiger partial charge in [0.25, 0.3) is 0 Å². The van der Waals surface area contributed by atoms with Crippen LogP contribution in [0.4, 0.5) is 13.2 Å². The molecule has 5 nitrogen and oxygen atoms in total. The molecule has 1 aliphatic rings. The lowest BCUT2D eigenvalue weighted by Crippen LogP contribution is -2.37. The number of benzene rings is 2. The Morgan fingerprint density at radius 2 is 1.88 bits per heavy atom. The van der Waals surface area contributed by atoms with E-state index < -0.39 is 12.1 Å². The van der Waals surface area contributed by atoms with Crippen LogP contribution in [0.1, 0.15) is 43.2 Å². The zero-order valence-electron chi connectivity index (χ0n) is 17.9. The van der Waals surface area contributed by atoms with Crippen molar-refractivity contribution in [2.24, 2.45) is 5.92 Å². The van der Waals surface area contributed by atoms with Crippen molar-refractivity contribution in [2.75, 3.05) is 6.54 Å². The fraction of sp³-hybridized carbons (Fsp3) is 0.417. The summed E-state index contributed by atoms with van der Waals surface area (Å²) in [6, 6.07) is 11.6. The van der Waals surface area contributed by atoms with Gasteiger partial charge in [0.2, 0.25) is 0 Å². The zero-order chi connectivity index (χ0) is 22.7. The topological polar surface area (TPSA) is 58.2 Å². The maximum atomic E-state index is 12.8. The second-order valence-corrected chi connectivity index (χ2v) is 8.49. The monoisotopic (exact) mass is 445 g/mol. The van der Waals surface area contributed by atoms with E-state index >= 15 is 0 Å². The molecule has 1 aliphatic carbocycles. The molecule has 1 N–H and O–H groups in total. The summed E-state index contributed by atoms with van der Waals surface area (Å²) in [6.45, 7) is 2.43. The molecule has 0 unspecified atom stereocenters. The first kappa shape index (κ1) is 22.3. The number of hydrogen-bond acceptors (Lipinski definition) is 4. The standard InChI is InChI=1S/C24H26F3N3O2/c1-16-11-21-22(29-15-28-21)12-20(16)19-9-7-18(8-10-19)14-30(32-23(31)24(25,26)27)13-17-5-3-2-4-6-17/h7-12,15,17H,2-6,13-14H2,1H3,(H,28,29). The lowest BCUT2D eigenvalue weighted by molar-refractivity contribution is -0.243.